The van der Waals surface area contributed by atoms with Crippen LogP contribution in [0.3, 0.4) is 0 Å². The third-order valence-electron chi connectivity index (χ3n) is 2.00. The van der Waals surface area contributed by atoms with E-state index in [1.165, 1.54) is 18.0 Å². The molecule has 1 aromatic rings. The first-order chi connectivity index (χ1) is 7.24. The summed E-state index contributed by atoms with van der Waals surface area (Å²) in [7, 11) is 0. The van der Waals surface area contributed by atoms with E-state index in [1.54, 1.807) is 0 Å². The summed E-state index contributed by atoms with van der Waals surface area (Å²) in [6.45, 7) is 5.66. The third-order valence-corrected chi connectivity index (χ3v) is 2.70. The van der Waals surface area contributed by atoms with Crippen molar-refractivity contribution in [3.05, 3.63) is 5.69 Å². The van der Waals surface area contributed by atoms with Gasteiger partial charge < -0.3 is 10.2 Å². The number of aromatic nitrogens is 2. The van der Waals surface area contributed by atoms with Crippen molar-refractivity contribution < 1.29 is 4.74 Å². The molecule has 0 amide bonds. The minimum Gasteiger partial charge on any atom is -0.375 e. The fourth-order valence-corrected chi connectivity index (χ4v) is 1.65. The molecule has 6 heteroatoms. The lowest BCUT2D eigenvalue weighted by atomic mass is 10.1. The molecular weight excluding hydrogens is 212 g/mol. The Kier molecular flexibility index (Phi) is 5.52. The highest BCUT2D eigenvalue weighted by molar-refractivity contribution is 7.10. The maximum Gasteiger partial charge on any atom is 0.149 e. The number of nitrogens with zero attached hydrogens (tertiary/aromatic N) is 2. The van der Waals surface area contributed by atoms with Crippen molar-refractivity contribution in [2.24, 2.45) is 11.8 Å². The topological polar surface area (TPSA) is 73.1 Å². The van der Waals surface area contributed by atoms with Gasteiger partial charge >= 0.3 is 0 Å². The number of hydrogen-bond acceptors (Lipinski definition) is 6. The largest absolute Gasteiger partial charge is 0.375 e. The number of rotatable bonds is 7. The fourth-order valence-electron chi connectivity index (χ4n) is 1.18. The van der Waals surface area contributed by atoms with E-state index in [1.807, 2.05) is 0 Å². The molecule has 0 aliphatic carbocycles. The zero-order valence-electron chi connectivity index (χ0n) is 9.19. The van der Waals surface area contributed by atoms with Crippen LogP contribution in [0.2, 0.25) is 0 Å². The Morgan fingerprint density at radius 2 is 2.33 bits per heavy atom. The summed E-state index contributed by atoms with van der Waals surface area (Å²) in [6, 6.07) is 0. The van der Waals surface area contributed by atoms with E-state index < -0.39 is 0 Å². The van der Waals surface area contributed by atoms with Gasteiger partial charge in [0.1, 0.15) is 10.7 Å². The molecule has 3 N–H and O–H groups in total. The first-order valence-corrected chi connectivity index (χ1v) is 5.87. The molecule has 0 atom stereocenters. The second-order valence-electron chi connectivity index (χ2n) is 3.78. The number of hydrogen-bond donors (Lipinski definition) is 2. The van der Waals surface area contributed by atoms with Gasteiger partial charge in [0, 0.05) is 18.1 Å². The molecule has 0 aliphatic heterocycles. The smallest absolute Gasteiger partial charge is 0.149 e. The van der Waals surface area contributed by atoms with E-state index in [0.717, 1.165) is 29.6 Å². The van der Waals surface area contributed by atoms with E-state index >= 15 is 0 Å². The van der Waals surface area contributed by atoms with E-state index in [9.17, 15) is 0 Å². The predicted octanol–water partition coefficient (Wildman–Crippen LogP) is 1.78. The third kappa shape index (κ3) is 4.55. The Balaban J connectivity index is 2.15. The summed E-state index contributed by atoms with van der Waals surface area (Å²) in [5, 5.41) is 4.70. The van der Waals surface area contributed by atoms with E-state index in [2.05, 4.69) is 28.9 Å². The molecule has 5 nitrogen and oxygen atoms in total. The molecule has 0 aromatic carbocycles. The Hall–Kier alpha value is -0.720. The highest BCUT2D eigenvalue weighted by Crippen LogP contribution is 2.16. The average molecular weight is 230 g/mol. The number of nitrogen functional groups attached to an aromatic ring is 1. The summed E-state index contributed by atoms with van der Waals surface area (Å²) in [5.41, 5.74) is 3.33. The van der Waals surface area contributed by atoms with Gasteiger partial charge in [-0.05, 0) is 18.8 Å². The number of hydrazine groups is 1. The zero-order valence-corrected chi connectivity index (χ0v) is 10.0. The Bertz CT molecular complexity index is 277. The van der Waals surface area contributed by atoms with Gasteiger partial charge in [-0.3, -0.25) is 0 Å². The second-order valence-corrected chi connectivity index (χ2v) is 4.54. The Labute approximate surface area is 94.1 Å². The van der Waals surface area contributed by atoms with Gasteiger partial charge in [0.15, 0.2) is 0 Å². The van der Waals surface area contributed by atoms with E-state index in [-0.39, 0.29) is 0 Å². The van der Waals surface area contributed by atoms with Crippen molar-refractivity contribution in [1.29, 1.82) is 0 Å². The van der Waals surface area contributed by atoms with Gasteiger partial charge in [-0.25, -0.2) is 5.84 Å². The first kappa shape index (κ1) is 12.4. The number of nitrogens with two attached hydrogens (primary N) is 1. The SMILES string of the molecule is CC(C)CCCOCc1nnsc1NN. The summed E-state index contributed by atoms with van der Waals surface area (Å²) in [4.78, 5) is 0. The van der Waals surface area contributed by atoms with Gasteiger partial charge in [0.25, 0.3) is 0 Å². The monoisotopic (exact) mass is 230 g/mol. The molecule has 1 aromatic heterocycles. The molecule has 15 heavy (non-hydrogen) atoms. The molecular formula is C9H18N4OS. The quantitative estimate of drug-likeness (QED) is 0.424. The van der Waals surface area contributed by atoms with Crippen molar-refractivity contribution >= 4 is 16.5 Å². The minimum absolute atomic E-state index is 0.480. The maximum absolute atomic E-state index is 5.48. The van der Waals surface area contributed by atoms with Crippen LogP contribution in [0.5, 0.6) is 0 Å². The summed E-state index contributed by atoms with van der Waals surface area (Å²) in [6.07, 6.45) is 2.28. The standard InChI is InChI=1S/C9H18N4OS/c1-7(2)4-3-5-14-6-8-9(11-10)15-13-12-8/h7,11H,3-6,10H2,1-2H3. The lowest BCUT2D eigenvalue weighted by molar-refractivity contribution is 0.112. The van der Waals surface area contributed by atoms with E-state index in [4.69, 9.17) is 10.6 Å². The predicted molar refractivity (Wildman–Crippen MR) is 61.4 cm³/mol. The number of anilines is 1. The van der Waals surface area contributed by atoms with Crippen LogP contribution in [0.25, 0.3) is 0 Å². The zero-order chi connectivity index (χ0) is 11.1. The second kappa shape index (κ2) is 6.71. The van der Waals surface area contributed by atoms with Gasteiger partial charge in [-0.2, -0.15) is 0 Å². The Morgan fingerprint density at radius 1 is 1.53 bits per heavy atom. The lowest BCUT2D eigenvalue weighted by Gasteiger charge is -2.05. The average Bonchev–Trinajstić information content (AvgIpc) is 2.64. The lowest BCUT2D eigenvalue weighted by Crippen LogP contribution is -2.08. The maximum atomic E-state index is 5.48. The molecule has 0 saturated carbocycles. The van der Waals surface area contributed by atoms with Crippen molar-refractivity contribution in [2.75, 3.05) is 12.0 Å². The normalized spacial score (nSPS) is 10.9. The van der Waals surface area contributed by atoms with Crippen LogP contribution in [-0.2, 0) is 11.3 Å². The first-order valence-electron chi connectivity index (χ1n) is 5.09. The van der Waals surface area contributed by atoms with Crippen molar-refractivity contribution in [2.45, 2.75) is 33.3 Å². The molecule has 1 rings (SSSR count). The molecule has 0 spiro atoms. The van der Waals surface area contributed by atoms with Crippen LogP contribution >= 0.6 is 11.5 Å². The fraction of sp³-hybridized carbons (Fsp3) is 0.778. The van der Waals surface area contributed by atoms with Crippen LogP contribution in [-0.4, -0.2) is 16.2 Å². The van der Waals surface area contributed by atoms with Gasteiger partial charge in [-0.1, -0.05) is 18.3 Å². The van der Waals surface area contributed by atoms with Crippen LogP contribution < -0.4 is 11.3 Å². The highest BCUT2D eigenvalue weighted by Gasteiger charge is 2.05. The van der Waals surface area contributed by atoms with E-state index in [0.29, 0.717) is 6.61 Å². The summed E-state index contributed by atoms with van der Waals surface area (Å²) < 4.78 is 9.27. The van der Waals surface area contributed by atoms with Crippen molar-refractivity contribution in [1.82, 2.24) is 9.59 Å². The molecule has 1 heterocycles. The highest BCUT2D eigenvalue weighted by atomic mass is 32.1. The van der Waals surface area contributed by atoms with Crippen LogP contribution in [0.15, 0.2) is 0 Å². The minimum atomic E-state index is 0.480. The molecule has 86 valence electrons. The Morgan fingerprint density at radius 3 is 3.00 bits per heavy atom. The molecule has 0 unspecified atom stereocenters. The number of ether oxygens (including phenoxy) is 1. The van der Waals surface area contributed by atoms with Crippen LogP contribution in [0.4, 0.5) is 5.00 Å². The molecule has 0 aliphatic rings. The molecule has 0 fully saturated rings. The van der Waals surface area contributed by atoms with Crippen molar-refractivity contribution in [3.63, 3.8) is 0 Å². The molecule has 0 radical (unpaired) electrons. The van der Waals surface area contributed by atoms with Crippen LogP contribution in [0, 0.1) is 5.92 Å². The summed E-state index contributed by atoms with van der Waals surface area (Å²) >= 11 is 1.24. The molecule has 0 saturated heterocycles. The van der Waals surface area contributed by atoms with Gasteiger partial charge in [-0.15, -0.1) is 5.10 Å². The summed E-state index contributed by atoms with van der Waals surface area (Å²) in [5.74, 6) is 6.02. The van der Waals surface area contributed by atoms with Crippen LogP contribution in [0.1, 0.15) is 32.4 Å². The van der Waals surface area contributed by atoms with Crippen molar-refractivity contribution in [3.8, 4) is 0 Å². The number of nitrogens with one attached hydrogen (secondary N) is 1. The van der Waals surface area contributed by atoms with Gasteiger partial charge in [0.2, 0.25) is 0 Å². The molecule has 0 bridgehead atoms. The van der Waals surface area contributed by atoms with Gasteiger partial charge in [0.05, 0.1) is 6.61 Å².